The van der Waals surface area contributed by atoms with Crippen molar-refractivity contribution in [2.75, 3.05) is 19.6 Å². The normalized spacial score (nSPS) is 12.0. The maximum absolute atomic E-state index is 12.4. The van der Waals surface area contributed by atoms with Crippen LogP contribution in [0, 0.1) is 5.92 Å². The Balaban J connectivity index is 2.64. The van der Waals surface area contributed by atoms with Crippen LogP contribution in [0.4, 0.5) is 8.78 Å². The molecule has 0 aliphatic carbocycles. The van der Waals surface area contributed by atoms with Crippen molar-refractivity contribution >= 4 is 0 Å². The first kappa shape index (κ1) is 15.0. The Labute approximate surface area is 106 Å². The van der Waals surface area contributed by atoms with E-state index >= 15 is 0 Å². The minimum atomic E-state index is -2.36. The number of nitrogens with zero attached hydrogens (tertiary/aromatic N) is 4. The van der Waals surface area contributed by atoms with Gasteiger partial charge in [-0.3, -0.25) is 4.90 Å². The molecule has 0 radical (unpaired) electrons. The smallest absolute Gasteiger partial charge is 0.251 e. The van der Waals surface area contributed by atoms with Crippen molar-refractivity contribution in [1.29, 1.82) is 0 Å². The quantitative estimate of drug-likeness (QED) is 0.757. The van der Waals surface area contributed by atoms with Crippen molar-refractivity contribution in [3.8, 4) is 0 Å². The number of halogens is 2. The van der Waals surface area contributed by atoms with E-state index in [4.69, 9.17) is 5.73 Å². The summed E-state index contributed by atoms with van der Waals surface area (Å²) in [5, 5.41) is 4.11. The second kappa shape index (κ2) is 7.38. The molecule has 0 bridgehead atoms. The lowest BCUT2D eigenvalue weighted by Crippen LogP contribution is -2.34. The van der Waals surface area contributed by atoms with Crippen molar-refractivity contribution in [2.24, 2.45) is 11.7 Å². The fourth-order valence-electron chi connectivity index (χ4n) is 1.72. The Bertz CT molecular complexity index is 340. The molecule has 0 fully saturated rings. The highest BCUT2D eigenvalue weighted by Gasteiger charge is 2.15. The first-order chi connectivity index (χ1) is 8.52. The summed E-state index contributed by atoms with van der Waals surface area (Å²) in [6.07, 6.45) is -0.904. The van der Waals surface area contributed by atoms with Crippen LogP contribution < -0.4 is 5.73 Å². The van der Waals surface area contributed by atoms with Gasteiger partial charge < -0.3 is 5.73 Å². The van der Waals surface area contributed by atoms with Crippen molar-refractivity contribution in [2.45, 2.75) is 33.4 Å². The number of hydrogen-bond acceptors (Lipinski definition) is 4. The van der Waals surface area contributed by atoms with E-state index in [1.807, 2.05) is 0 Å². The standard InChI is InChI=1S/C11H21F2N5/c1-9(2)5-18-11(15-8-16-18)7-17(4-3-14)6-10(12)13/h8-10H,3-7,14H2,1-2H3. The maximum Gasteiger partial charge on any atom is 0.251 e. The third-order valence-electron chi connectivity index (χ3n) is 2.44. The topological polar surface area (TPSA) is 60.0 Å². The zero-order valence-corrected chi connectivity index (χ0v) is 10.9. The third-order valence-corrected chi connectivity index (χ3v) is 2.44. The van der Waals surface area contributed by atoms with Gasteiger partial charge in [-0.25, -0.2) is 18.4 Å². The summed E-state index contributed by atoms with van der Waals surface area (Å²) in [5.41, 5.74) is 5.42. The average molecular weight is 261 g/mol. The van der Waals surface area contributed by atoms with Crippen molar-refractivity contribution < 1.29 is 8.78 Å². The molecule has 1 heterocycles. The van der Waals surface area contributed by atoms with Crippen molar-refractivity contribution in [3.05, 3.63) is 12.2 Å². The van der Waals surface area contributed by atoms with Crippen LogP contribution in [0.3, 0.4) is 0 Å². The summed E-state index contributed by atoms with van der Waals surface area (Å²) >= 11 is 0. The van der Waals surface area contributed by atoms with Gasteiger partial charge in [0.15, 0.2) is 0 Å². The predicted molar refractivity (Wildman–Crippen MR) is 65.2 cm³/mol. The molecule has 0 amide bonds. The Morgan fingerprint density at radius 3 is 2.72 bits per heavy atom. The molecular formula is C11H21F2N5. The van der Waals surface area contributed by atoms with Crippen LogP contribution in [0.15, 0.2) is 6.33 Å². The number of hydrogen-bond donors (Lipinski definition) is 1. The van der Waals surface area contributed by atoms with Gasteiger partial charge >= 0.3 is 0 Å². The summed E-state index contributed by atoms with van der Waals surface area (Å²) in [5.74, 6) is 1.14. The molecule has 1 rings (SSSR count). The molecule has 104 valence electrons. The molecule has 0 aromatic carbocycles. The summed E-state index contributed by atoms with van der Waals surface area (Å²) in [6.45, 7) is 5.73. The highest BCUT2D eigenvalue weighted by molar-refractivity contribution is 4.85. The van der Waals surface area contributed by atoms with E-state index in [2.05, 4.69) is 23.9 Å². The zero-order valence-electron chi connectivity index (χ0n) is 10.9. The Hall–Kier alpha value is -1.08. The molecule has 0 aliphatic rings. The minimum Gasteiger partial charge on any atom is -0.329 e. The second-order valence-electron chi connectivity index (χ2n) is 4.67. The van der Waals surface area contributed by atoms with Crippen LogP contribution in [0.1, 0.15) is 19.7 Å². The molecule has 1 aromatic rings. The van der Waals surface area contributed by atoms with Gasteiger partial charge in [0, 0.05) is 19.6 Å². The molecule has 7 heteroatoms. The molecule has 18 heavy (non-hydrogen) atoms. The SMILES string of the molecule is CC(C)Cn1ncnc1CN(CCN)CC(F)F. The molecule has 0 unspecified atom stereocenters. The molecule has 0 atom stereocenters. The van der Waals surface area contributed by atoms with E-state index in [1.165, 1.54) is 6.33 Å². The molecule has 5 nitrogen and oxygen atoms in total. The van der Waals surface area contributed by atoms with Gasteiger partial charge in [-0.05, 0) is 5.92 Å². The molecule has 0 saturated heterocycles. The van der Waals surface area contributed by atoms with Crippen LogP contribution in [0.25, 0.3) is 0 Å². The lowest BCUT2D eigenvalue weighted by molar-refractivity contribution is 0.0841. The van der Waals surface area contributed by atoms with Gasteiger partial charge in [0.1, 0.15) is 12.2 Å². The Morgan fingerprint density at radius 1 is 1.44 bits per heavy atom. The molecule has 2 N–H and O–H groups in total. The van der Waals surface area contributed by atoms with Crippen LogP contribution in [0.2, 0.25) is 0 Å². The fraction of sp³-hybridized carbons (Fsp3) is 0.818. The van der Waals surface area contributed by atoms with Gasteiger partial charge in [0.05, 0.1) is 13.1 Å². The van der Waals surface area contributed by atoms with E-state index in [-0.39, 0.29) is 6.54 Å². The lowest BCUT2D eigenvalue weighted by Gasteiger charge is -2.21. The summed E-state index contributed by atoms with van der Waals surface area (Å²) in [7, 11) is 0. The van der Waals surface area contributed by atoms with Gasteiger partial charge in [-0.15, -0.1) is 0 Å². The zero-order chi connectivity index (χ0) is 13.5. The Kier molecular flexibility index (Phi) is 6.14. The van der Waals surface area contributed by atoms with Gasteiger partial charge in [-0.1, -0.05) is 13.8 Å². The molecule has 0 spiro atoms. The van der Waals surface area contributed by atoms with Gasteiger partial charge in [-0.2, -0.15) is 5.10 Å². The molecular weight excluding hydrogens is 240 g/mol. The van der Waals surface area contributed by atoms with E-state index in [0.717, 1.165) is 6.54 Å². The van der Waals surface area contributed by atoms with E-state index < -0.39 is 6.43 Å². The molecule has 0 aliphatic heterocycles. The number of alkyl halides is 2. The maximum atomic E-state index is 12.4. The number of rotatable bonds is 8. The van der Waals surface area contributed by atoms with E-state index in [0.29, 0.717) is 31.4 Å². The summed E-state index contributed by atoms with van der Waals surface area (Å²) in [6, 6.07) is 0. The minimum absolute atomic E-state index is 0.286. The summed E-state index contributed by atoms with van der Waals surface area (Å²) in [4.78, 5) is 5.73. The third kappa shape index (κ3) is 5.05. The number of nitrogens with two attached hydrogens (primary N) is 1. The molecule has 1 aromatic heterocycles. The fourth-order valence-corrected chi connectivity index (χ4v) is 1.72. The highest BCUT2D eigenvalue weighted by atomic mass is 19.3. The first-order valence-electron chi connectivity index (χ1n) is 6.10. The first-order valence-corrected chi connectivity index (χ1v) is 6.10. The van der Waals surface area contributed by atoms with Crippen LogP contribution in [-0.4, -0.2) is 45.7 Å². The predicted octanol–water partition coefficient (Wildman–Crippen LogP) is 0.960. The lowest BCUT2D eigenvalue weighted by atomic mass is 10.2. The molecule has 0 saturated carbocycles. The second-order valence-corrected chi connectivity index (χ2v) is 4.67. The van der Waals surface area contributed by atoms with Gasteiger partial charge in [0.2, 0.25) is 0 Å². The van der Waals surface area contributed by atoms with Crippen molar-refractivity contribution in [1.82, 2.24) is 19.7 Å². The van der Waals surface area contributed by atoms with E-state index in [1.54, 1.807) is 9.58 Å². The highest BCUT2D eigenvalue weighted by Crippen LogP contribution is 2.06. The average Bonchev–Trinajstić information content (AvgIpc) is 2.64. The van der Waals surface area contributed by atoms with E-state index in [9.17, 15) is 8.78 Å². The summed E-state index contributed by atoms with van der Waals surface area (Å²) < 4.78 is 26.6. The monoisotopic (exact) mass is 261 g/mol. The Morgan fingerprint density at radius 2 is 2.17 bits per heavy atom. The van der Waals surface area contributed by atoms with Crippen LogP contribution >= 0.6 is 0 Å². The number of aromatic nitrogens is 3. The van der Waals surface area contributed by atoms with Gasteiger partial charge in [0.25, 0.3) is 6.43 Å². The van der Waals surface area contributed by atoms with Crippen LogP contribution in [0.5, 0.6) is 0 Å². The van der Waals surface area contributed by atoms with Crippen molar-refractivity contribution in [3.63, 3.8) is 0 Å². The van der Waals surface area contributed by atoms with Crippen LogP contribution in [-0.2, 0) is 13.1 Å². The largest absolute Gasteiger partial charge is 0.329 e.